The van der Waals surface area contributed by atoms with E-state index in [1.807, 2.05) is 6.92 Å². The Morgan fingerprint density at radius 1 is 1.44 bits per heavy atom. The van der Waals surface area contributed by atoms with E-state index in [1.165, 1.54) is 6.92 Å². The molecule has 0 heterocycles. The van der Waals surface area contributed by atoms with Gasteiger partial charge in [-0.2, -0.15) is 13.2 Å². The molecule has 0 spiro atoms. The molecule has 0 aromatic rings. The fourth-order valence-corrected chi connectivity index (χ4v) is 1.51. The molecule has 0 aliphatic rings. The average molecular weight is 269 g/mol. The lowest BCUT2D eigenvalue weighted by Gasteiger charge is -2.28. The third-order valence-corrected chi connectivity index (χ3v) is 2.56. The van der Waals surface area contributed by atoms with Crippen LogP contribution in [0, 0.1) is 0 Å². The van der Waals surface area contributed by atoms with Crippen molar-refractivity contribution in [2.45, 2.75) is 38.9 Å². The van der Waals surface area contributed by atoms with E-state index in [9.17, 15) is 18.0 Å². The molecule has 18 heavy (non-hydrogen) atoms. The summed E-state index contributed by atoms with van der Waals surface area (Å²) in [5.74, 6) is -0.388. The first kappa shape index (κ1) is 17.2. The molecule has 3 N–H and O–H groups in total. The van der Waals surface area contributed by atoms with Gasteiger partial charge in [-0.05, 0) is 13.3 Å². The molecule has 108 valence electrons. The van der Waals surface area contributed by atoms with Gasteiger partial charge in [0, 0.05) is 19.6 Å². The lowest BCUT2D eigenvalue weighted by atomic mass is 10.2. The number of unbranched alkanes of at least 4 members (excludes halogenated alkanes) is 1. The molecule has 0 fully saturated rings. The standard InChI is InChI=1S/C11H22F3N3O/c1-3-4-6-16-10(18)9(2)17(7-5-15)8-11(12,13)14/h9H,3-8,15H2,1-2H3,(H,16,18). The van der Waals surface area contributed by atoms with E-state index in [2.05, 4.69) is 5.32 Å². The number of nitrogens with one attached hydrogen (secondary N) is 1. The van der Waals surface area contributed by atoms with Crippen LogP contribution in [0.25, 0.3) is 0 Å². The van der Waals surface area contributed by atoms with Gasteiger partial charge in [-0.15, -0.1) is 0 Å². The van der Waals surface area contributed by atoms with Gasteiger partial charge in [-0.1, -0.05) is 13.3 Å². The van der Waals surface area contributed by atoms with E-state index >= 15 is 0 Å². The zero-order valence-corrected chi connectivity index (χ0v) is 10.9. The normalized spacial score (nSPS) is 13.7. The van der Waals surface area contributed by atoms with Crippen LogP contribution in [-0.4, -0.2) is 49.2 Å². The predicted molar refractivity (Wildman–Crippen MR) is 64.1 cm³/mol. The minimum absolute atomic E-state index is 0.0435. The minimum Gasteiger partial charge on any atom is -0.355 e. The van der Waals surface area contributed by atoms with Gasteiger partial charge in [0.25, 0.3) is 0 Å². The summed E-state index contributed by atoms with van der Waals surface area (Å²) in [6.07, 6.45) is -2.59. The second-order valence-electron chi connectivity index (χ2n) is 4.19. The van der Waals surface area contributed by atoms with Gasteiger partial charge < -0.3 is 11.1 Å². The highest BCUT2D eigenvalue weighted by molar-refractivity contribution is 5.81. The van der Waals surface area contributed by atoms with E-state index < -0.39 is 18.8 Å². The average Bonchev–Trinajstić information content (AvgIpc) is 2.26. The van der Waals surface area contributed by atoms with Gasteiger partial charge in [-0.3, -0.25) is 9.69 Å². The maximum absolute atomic E-state index is 12.3. The highest BCUT2D eigenvalue weighted by Gasteiger charge is 2.34. The summed E-state index contributed by atoms with van der Waals surface area (Å²) in [4.78, 5) is 12.7. The molecule has 0 aliphatic heterocycles. The smallest absolute Gasteiger partial charge is 0.355 e. The highest BCUT2D eigenvalue weighted by Crippen LogP contribution is 2.17. The number of rotatable bonds is 8. The Balaban J connectivity index is 4.35. The quantitative estimate of drug-likeness (QED) is 0.649. The topological polar surface area (TPSA) is 58.4 Å². The molecule has 1 amide bonds. The SMILES string of the molecule is CCCCNC(=O)C(C)N(CCN)CC(F)(F)F. The monoisotopic (exact) mass is 269 g/mol. The number of amides is 1. The van der Waals surface area contributed by atoms with Crippen molar-refractivity contribution in [1.82, 2.24) is 10.2 Å². The van der Waals surface area contributed by atoms with Crippen molar-refractivity contribution in [2.75, 3.05) is 26.2 Å². The number of alkyl halides is 3. The zero-order valence-electron chi connectivity index (χ0n) is 10.9. The van der Waals surface area contributed by atoms with E-state index in [-0.39, 0.29) is 19.0 Å². The first-order valence-electron chi connectivity index (χ1n) is 6.10. The molecule has 0 aromatic carbocycles. The molecule has 1 atom stereocenters. The van der Waals surface area contributed by atoms with Gasteiger partial charge in [-0.25, -0.2) is 0 Å². The van der Waals surface area contributed by atoms with Gasteiger partial charge in [0.1, 0.15) is 0 Å². The van der Waals surface area contributed by atoms with Crippen molar-refractivity contribution in [3.05, 3.63) is 0 Å². The van der Waals surface area contributed by atoms with E-state index in [0.717, 1.165) is 17.7 Å². The molecule has 7 heteroatoms. The van der Waals surface area contributed by atoms with Crippen molar-refractivity contribution in [3.63, 3.8) is 0 Å². The summed E-state index contributed by atoms with van der Waals surface area (Å²) in [5.41, 5.74) is 5.27. The second kappa shape index (κ2) is 8.31. The predicted octanol–water partition coefficient (Wildman–Crippen LogP) is 1.11. The number of hydrogen-bond acceptors (Lipinski definition) is 3. The van der Waals surface area contributed by atoms with Gasteiger partial charge >= 0.3 is 6.18 Å². The fourth-order valence-electron chi connectivity index (χ4n) is 1.51. The zero-order chi connectivity index (χ0) is 14.2. The molecular formula is C11H22F3N3O. The Hall–Kier alpha value is -0.820. The van der Waals surface area contributed by atoms with E-state index in [1.54, 1.807) is 0 Å². The Morgan fingerprint density at radius 3 is 2.50 bits per heavy atom. The van der Waals surface area contributed by atoms with Crippen LogP contribution >= 0.6 is 0 Å². The number of nitrogens with zero attached hydrogens (tertiary/aromatic N) is 1. The van der Waals surface area contributed by atoms with Crippen LogP contribution in [-0.2, 0) is 4.79 Å². The second-order valence-corrected chi connectivity index (χ2v) is 4.19. The summed E-state index contributed by atoms with van der Waals surface area (Å²) < 4.78 is 37.0. The molecule has 1 unspecified atom stereocenters. The van der Waals surface area contributed by atoms with Gasteiger partial charge in [0.15, 0.2) is 0 Å². The van der Waals surface area contributed by atoms with Crippen LogP contribution in [0.15, 0.2) is 0 Å². The molecule has 4 nitrogen and oxygen atoms in total. The first-order chi connectivity index (χ1) is 8.31. The van der Waals surface area contributed by atoms with Crippen molar-refractivity contribution in [2.24, 2.45) is 5.73 Å². The Morgan fingerprint density at radius 2 is 2.06 bits per heavy atom. The molecule has 0 rings (SSSR count). The van der Waals surface area contributed by atoms with Crippen LogP contribution in [0.5, 0.6) is 0 Å². The maximum Gasteiger partial charge on any atom is 0.401 e. The van der Waals surface area contributed by atoms with Crippen LogP contribution in [0.4, 0.5) is 13.2 Å². The van der Waals surface area contributed by atoms with Crippen LogP contribution in [0.3, 0.4) is 0 Å². The van der Waals surface area contributed by atoms with E-state index in [0.29, 0.717) is 6.54 Å². The van der Waals surface area contributed by atoms with Gasteiger partial charge in [0.05, 0.1) is 12.6 Å². The minimum atomic E-state index is -4.33. The highest BCUT2D eigenvalue weighted by atomic mass is 19.4. The number of halogens is 3. The van der Waals surface area contributed by atoms with E-state index in [4.69, 9.17) is 5.73 Å². The summed E-state index contributed by atoms with van der Waals surface area (Å²) in [7, 11) is 0. The molecule has 0 bridgehead atoms. The van der Waals surface area contributed by atoms with Gasteiger partial charge in [0.2, 0.25) is 5.91 Å². The number of nitrogens with two attached hydrogens (primary N) is 1. The summed E-state index contributed by atoms with van der Waals surface area (Å²) in [6.45, 7) is 2.93. The summed E-state index contributed by atoms with van der Waals surface area (Å²) in [6, 6.07) is -0.827. The fraction of sp³-hybridized carbons (Fsp3) is 0.909. The van der Waals surface area contributed by atoms with Crippen molar-refractivity contribution in [1.29, 1.82) is 0 Å². The molecule has 0 saturated heterocycles. The molecule has 0 radical (unpaired) electrons. The lowest BCUT2D eigenvalue weighted by Crippen LogP contribution is -2.50. The third kappa shape index (κ3) is 7.50. The first-order valence-corrected chi connectivity index (χ1v) is 6.10. The summed E-state index contributed by atoms with van der Waals surface area (Å²) >= 11 is 0. The Kier molecular flexibility index (Phi) is 7.93. The molecule has 0 aromatic heterocycles. The Labute approximate surface area is 106 Å². The lowest BCUT2D eigenvalue weighted by molar-refractivity contribution is -0.154. The van der Waals surface area contributed by atoms with Crippen LogP contribution in [0.1, 0.15) is 26.7 Å². The molecular weight excluding hydrogens is 247 g/mol. The number of carbonyl (C=O) groups is 1. The molecule has 0 aliphatic carbocycles. The van der Waals surface area contributed by atoms with Crippen LogP contribution in [0.2, 0.25) is 0 Å². The largest absolute Gasteiger partial charge is 0.401 e. The number of hydrogen-bond donors (Lipinski definition) is 2. The third-order valence-electron chi connectivity index (χ3n) is 2.56. The van der Waals surface area contributed by atoms with Crippen molar-refractivity contribution < 1.29 is 18.0 Å². The number of carbonyl (C=O) groups excluding carboxylic acids is 1. The van der Waals surface area contributed by atoms with Crippen molar-refractivity contribution >= 4 is 5.91 Å². The maximum atomic E-state index is 12.3. The van der Waals surface area contributed by atoms with Crippen LogP contribution < -0.4 is 11.1 Å². The molecule has 0 saturated carbocycles. The van der Waals surface area contributed by atoms with Crippen molar-refractivity contribution in [3.8, 4) is 0 Å². The summed E-state index contributed by atoms with van der Waals surface area (Å²) in [5, 5.41) is 2.62. The Bertz CT molecular complexity index is 246.